The Balaban J connectivity index is 2.52. The van der Waals surface area contributed by atoms with Crippen LogP contribution in [-0.2, 0) is 0 Å². The number of hydrogen-bond acceptors (Lipinski definition) is 3. The summed E-state index contributed by atoms with van der Waals surface area (Å²) >= 11 is 0. The van der Waals surface area contributed by atoms with Crippen molar-refractivity contribution in [2.75, 3.05) is 32.5 Å². The highest BCUT2D eigenvalue weighted by Crippen LogP contribution is 2.14. The minimum absolute atomic E-state index is 0.0151. The van der Waals surface area contributed by atoms with Crippen LogP contribution in [0.3, 0.4) is 0 Å². The minimum atomic E-state index is -0.247. The number of rotatable bonds is 8. The average Bonchev–Trinajstić information content (AvgIpc) is 2.52. The topological polar surface area (TPSA) is 73.5 Å². The summed E-state index contributed by atoms with van der Waals surface area (Å²) in [6, 6.07) is 6.78. The first-order valence-corrected chi connectivity index (χ1v) is 8.73. The molecule has 3 amide bonds. The van der Waals surface area contributed by atoms with Gasteiger partial charge in [0.15, 0.2) is 0 Å². The second-order valence-corrected chi connectivity index (χ2v) is 7.57. The Morgan fingerprint density at radius 3 is 2.28 bits per heavy atom. The van der Waals surface area contributed by atoms with Crippen molar-refractivity contribution in [1.29, 1.82) is 0 Å². The Labute approximate surface area is 151 Å². The zero-order valence-corrected chi connectivity index (χ0v) is 16.3. The van der Waals surface area contributed by atoms with Crippen molar-refractivity contribution in [3.05, 3.63) is 29.8 Å². The lowest BCUT2D eigenvalue weighted by atomic mass is 9.93. The van der Waals surface area contributed by atoms with Gasteiger partial charge in [-0.2, -0.15) is 0 Å². The zero-order chi connectivity index (χ0) is 19.0. The fourth-order valence-electron chi connectivity index (χ4n) is 2.52. The van der Waals surface area contributed by atoms with Crippen LogP contribution in [0.5, 0.6) is 0 Å². The number of carbonyl (C=O) groups excluding carboxylic acids is 2. The van der Waals surface area contributed by atoms with Gasteiger partial charge in [-0.25, -0.2) is 4.79 Å². The van der Waals surface area contributed by atoms with Crippen molar-refractivity contribution in [3.63, 3.8) is 0 Å². The first kappa shape index (κ1) is 21.0. The largest absolute Gasteiger partial charge is 0.350 e. The van der Waals surface area contributed by atoms with E-state index in [1.165, 1.54) is 0 Å². The van der Waals surface area contributed by atoms with Gasteiger partial charge in [0, 0.05) is 30.4 Å². The molecule has 0 aliphatic rings. The Hall–Kier alpha value is -2.08. The van der Waals surface area contributed by atoms with E-state index in [2.05, 4.69) is 34.7 Å². The maximum absolute atomic E-state index is 12.0. The van der Waals surface area contributed by atoms with Crippen LogP contribution in [-0.4, -0.2) is 50.1 Å². The predicted molar refractivity (Wildman–Crippen MR) is 103 cm³/mol. The number of anilines is 1. The number of nitrogens with one attached hydrogen (secondary N) is 3. The molecule has 6 nitrogen and oxygen atoms in total. The molecule has 0 saturated heterocycles. The first-order chi connectivity index (χ1) is 11.6. The second kappa shape index (κ2) is 9.42. The number of carbonyl (C=O) groups is 2. The van der Waals surface area contributed by atoms with Crippen LogP contribution in [0.15, 0.2) is 24.3 Å². The molecule has 1 aromatic rings. The molecule has 1 aromatic carbocycles. The van der Waals surface area contributed by atoms with Gasteiger partial charge in [-0.1, -0.05) is 20.8 Å². The van der Waals surface area contributed by atoms with Gasteiger partial charge in [-0.15, -0.1) is 0 Å². The zero-order valence-electron chi connectivity index (χ0n) is 16.3. The third-order valence-electron chi connectivity index (χ3n) is 3.87. The van der Waals surface area contributed by atoms with E-state index in [0.29, 0.717) is 17.8 Å². The summed E-state index contributed by atoms with van der Waals surface area (Å²) in [6.07, 6.45) is 0.885. The maximum Gasteiger partial charge on any atom is 0.319 e. The molecule has 0 aromatic heterocycles. The Morgan fingerprint density at radius 1 is 1.16 bits per heavy atom. The van der Waals surface area contributed by atoms with Crippen molar-refractivity contribution in [2.24, 2.45) is 5.41 Å². The highest BCUT2D eigenvalue weighted by Gasteiger charge is 2.19. The summed E-state index contributed by atoms with van der Waals surface area (Å²) < 4.78 is 0. The van der Waals surface area contributed by atoms with Crippen molar-refractivity contribution in [3.8, 4) is 0 Å². The van der Waals surface area contributed by atoms with Crippen LogP contribution in [0.2, 0.25) is 0 Å². The SMILES string of the molecule is CC[C@@H](C)NC(=O)c1ccc(NC(=O)NCC(C)(C)CN(C)C)cc1. The van der Waals surface area contributed by atoms with Crippen molar-refractivity contribution in [1.82, 2.24) is 15.5 Å². The number of hydrogen-bond donors (Lipinski definition) is 3. The fraction of sp³-hybridized carbons (Fsp3) is 0.579. The van der Waals surface area contributed by atoms with Crippen LogP contribution in [0.4, 0.5) is 10.5 Å². The van der Waals surface area contributed by atoms with Gasteiger partial charge in [0.2, 0.25) is 0 Å². The van der Waals surface area contributed by atoms with Crippen LogP contribution in [0.1, 0.15) is 44.5 Å². The molecule has 0 saturated carbocycles. The van der Waals surface area contributed by atoms with Gasteiger partial charge in [0.25, 0.3) is 5.91 Å². The third kappa shape index (κ3) is 8.03. The van der Waals surface area contributed by atoms with Crippen molar-refractivity contribution < 1.29 is 9.59 Å². The standard InChI is InChI=1S/C19H32N4O2/c1-7-14(2)21-17(24)15-8-10-16(11-9-15)22-18(25)20-12-19(3,4)13-23(5)6/h8-11,14H,7,12-13H2,1-6H3,(H,21,24)(H2,20,22,25)/t14-/m1/s1. The summed E-state index contributed by atoms with van der Waals surface area (Å²) in [5, 5.41) is 8.60. The summed E-state index contributed by atoms with van der Waals surface area (Å²) in [6.45, 7) is 9.67. The molecule has 6 heteroatoms. The molecular weight excluding hydrogens is 316 g/mol. The molecule has 0 unspecified atom stereocenters. The van der Waals surface area contributed by atoms with Gasteiger partial charge in [-0.3, -0.25) is 4.79 Å². The molecule has 1 atom stereocenters. The van der Waals surface area contributed by atoms with E-state index in [9.17, 15) is 9.59 Å². The summed E-state index contributed by atoms with van der Waals surface area (Å²) in [5.41, 5.74) is 1.22. The van der Waals surface area contributed by atoms with Crippen LogP contribution >= 0.6 is 0 Å². The Morgan fingerprint density at radius 2 is 1.76 bits per heavy atom. The molecule has 0 aliphatic heterocycles. The molecule has 3 N–H and O–H groups in total. The van der Waals surface area contributed by atoms with E-state index in [4.69, 9.17) is 0 Å². The number of nitrogens with zero attached hydrogens (tertiary/aromatic N) is 1. The highest BCUT2D eigenvalue weighted by atomic mass is 16.2. The van der Waals surface area contributed by atoms with Gasteiger partial charge in [0.1, 0.15) is 0 Å². The first-order valence-electron chi connectivity index (χ1n) is 8.73. The molecule has 0 fully saturated rings. The van der Waals surface area contributed by atoms with Gasteiger partial charge < -0.3 is 20.9 Å². The molecule has 0 heterocycles. The van der Waals surface area contributed by atoms with Crippen LogP contribution in [0.25, 0.3) is 0 Å². The normalized spacial score (nSPS) is 12.6. The number of amides is 3. The van der Waals surface area contributed by atoms with E-state index in [1.807, 2.05) is 27.9 Å². The van der Waals surface area contributed by atoms with E-state index >= 15 is 0 Å². The fourth-order valence-corrected chi connectivity index (χ4v) is 2.52. The van der Waals surface area contributed by atoms with Gasteiger partial charge in [-0.05, 0) is 57.1 Å². The van der Waals surface area contributed by atoms with Crippen molar-refractivity contribution >= 4 is 17.6 Å². The van der Waals surface area contributed by atoms with Crippen LogP contribution < -0.4 is 16.0 Å². The van der Waals surface area contributed by atoms with Crippen LogP contribution in [0, 0.1) is 5.41 Å². The highest BCUT2D eigenvalue weighted by molar-refractivity contribution is 5.95. The molecular formula is C19H32N4O2. The smallest absolute Gasteiger partial charge is 0.319 e. The monoisotopic (exact) mass is 348 g/mol. The maximum atomic E-state index is 12.0. The molecule has 25 heavy (non-hydrogen) atoms. The third-order valence-corrected chi connectivity index (χ3v) is 3.87. The Bertz CT molecular complexity index is 567. The number of urea groups is 1. The van der Waals surface area contributed by atoms with Gasteiger partial charge in [0.05, 0.1) is 0 Å². The lowest BCUT2D eigenvalue weighted by molar-refractivity contribution is 0.0939. The second-order valence-electron chi connectivity index (χ2n) is 7.57. The Kier molecular flexibility index (Phi) is 7.90. The molecule has 0 spiro atoms. The molecule has 1 rings (SSSR count). The van der Waals surface area contributed by atoms with E-state index in [-0.39, 0.29) is 23.4 Å². The van der Waals surface area contributed by atoms with E-state index in [1.54, 1.807) is 24.3 Å². The van der Waals surface area contributed by atoms with Crippen molar-refractivity contribution in [2.45, 2.75) is 40.2 Å². The molecule has 140 valence electrons. The molecule has 0 bridgehead atoms. The quantitative estimate of drug-likeness (QED) is 0.676. The number of benzene rings is 1. The molecule has 0 radical (unpaired) electrons. The van der Waals surface area contributed by atoms with E-state index < -0.39 is 0 Å². The average molecular weight is 348 g/mol. The minimum Gasteiger partial charge on any atom is -0.350 e. The lowest BCUT2D eigenvalue weighted by Gasteiger charge is -2.28. The summed E-state index contributed by atoms with van der Waals surface area (Å²) in [4.78, 5) is 26.2. The molecule has 0 aliphatic carbocycles. The lowest BCUT2D eigenvalue weighted by Crippen LogP contribution is -2.41. The summed E-state index contributed by atoms with van der Waals surface area (Å²) in [5.74, 6) is -0.101. The van der Waals surface area contributed by atoms with Gasteiger partial charge >= 0.3 is 6.03 Å². The summed E-state index contributed by atoms with van der Waals surface area (Å²) in [7, 11) is 4.03. The van der Waals surface area contributed by atoms with E-state index in [0.717, 1.165) is 13.0 Å². The predicted octanol–water partition coefficient (Wildman–Crippen LogP) is 2.92.